The molecule has 2 fully saturated rings. The van der Waals surface area contributed by atoms with E-state index < -0.39 is 30.6 Å². The lowest BCUT2D eigenvalue weighted by Crippen LogP contribution is -2.32. The molecule has 9 aromatic heterocycles. The second kappa shape index (κ2) is 35.0. The molecular weight excluding hydrogens is 1630 g/mol. The number of nitrogens with one attached hydrogen (secondary N) is 6. The molecule has 6 N–H and O–H groups in total. The third-order valence-electron chi connectivity index (χ3n) is 14.9. The van der Waals surface area contributed by atoms with Gasteiger partial charge in [0.25, 0.3) is 30.6 Å². The molecule has 0 atom stereocenters. The number of anilines is 3. The molecule has 2 aliphatic carbocycles. The van der Waals surface area contributed by atoms with Gasteiger partial charge >= 0.3 is 18.0 Å². The predicted octanol–water partition coefficient (Wildman–Crippen LogP) is 8.62. The lowest BCUT2D eigenvalue weighted by atomic mass is 10.0. The number of pyridine rings is 1. The maximum atomic E-state index is 12.7. The van der Waals surface area contributed by atoms with Crippen LogP contribution in [0.15, 0.2) is 142 Å². The minimum absolute atomic E-state index is 0.0852. The first-order valence-corrected chi connectivity index (χ1v) is 39.7. The highest BCUT2D eigenvalue weighted by atomic mass is 79.9. The van der Waals surface area contributed by atoms with Crippen LogP contribution >= 0.6 is 59.1 Å². The average Bonchev–Trinajstić information content (AvgIpc) is 1.29. The van der Waals surface area contributed by atoms with Gasteiger partial charge in [0.05, 0.1) is 58.0 Å². The Balaban J connectivity index is 0.000000147. The highest BCUT2D eigenvalue weighted by molar-refractivity contribution is 9.11. The van der Waals surface area contributed by atoms with Crippen LogP contribution in [0, 0.1) is 11.8 Å². The van der Waals surface area contributed by atoms with E-state index in [-0.39, 0.29) is 92.8 Å². The van der Waals surface area contributed by atoms with Gasteiger partial charge in [0.15, 0.2) is 17.5 Å². The summed E-state index contributed by atoms with van der Waals surface area (Å²) in [6.45, 7) is 4.33. The lowest BCUT2D eigenvalue weighted by Gasteiger charge is -2.16. The van der Waals surface area contributed by atoms with E-state index >= 15 is 0 Å². The minimum Gasteiger partial charge on any atom is -0.493 e. The van der Waals surface area contributed by atoms with Crippen LogP contribution in [-0.2, 0) is 37.0 Å². The van der Waals surface area contributed by atoms with Crippen LogP contribution in [0.5, 0.6) is 41.4 Å². The Hall–Kier alpha value is -9.33. The number of rotatable bonds is 33. The summed E-state index contributed by atoms with van der Waals surface area (Å²) in [5.41, 5.74) is 7.59. The fraction of sp³-hybridized carbons (Fsp3) is 0.302. The van der Waals surface area contributed by atoms with E-state index in [0.29, 0.717) is 77.9 Å². The van der Waals surface area contributed by atoms with Gasteiger partial charge in [-0.1, -0.05) is 31.2 Å². The topological polar surface area (TPSA) is 424 Å². The summed E-state index contributed by atoms with van der Waals surface area (Å²) in [4.78, 5) is 53.9. The molecule has 2 aromatic carbocycles. The van der Waals surface area contributed by atoms with Crippen LogP contribution in [-0.4, -0.2) is 166 Å². The highest BCUT2D eigenvalue weighted by Crippen LogP contribution is 2.40. The minimum atomic E-state index is -3.85. The van der Waals surface area contributed by atoms with Crippen LogP contribution in [0.2, 0.25) is 0 Å². The second-order valence-electron chi connectivity index (χ2n) is 22.7. The fourth-order valence-electron chi connectivity index (χ4n) is 9.61. The van der Waals surface area contributed by atoms with Crippen molar-refractivity contribution in [1.82, 2.24) is 88.6 Å². The first-order chi connectivity index (χ1) is 50.4. The predicted molar refractivity (Wildman–Crippen MR) is 393 cm³/mol. The molecule has 2 saturated carbocycles. The van der Waals surface area contributed by atoms with Crippen LogP contribution in [0.3, 0.4) is 0 Å². The Bertz CT molecular complexity index is 4880. The summed E-state index contributed by atoms with van der Waals surface area (Å²) in [5.74, 6) is 2.36. The van der Waals surface area contributed by atoms with Gasteiger partial charge in [-0.05, 0) is 139 Å². The Labute approximate surface area is 625 Å². The van der Waals surface area contributed by atoms with Gasteiger partial charge in [0, 0.05) is 81.2 Å². The molecule has 0 radical (unpaired) electrons. The Morgan fingerprint density at radius 1 is 0.510 bits per heavy atom. The number of aromatic nitrogens is 15. The van der Waals surface area contributed by atoms with E-state index in [1.165, 1.54) is 30.3 Å². The second-order valence-corrected chi connectivity index (χ2v) is 30.9. The monoisotopic (exact) mass is 1690 g/mol. The fourth-order valence-corrected chi connectivity index (χ4v) is 13.7. The van der Waals surface area contributed by atoms with Crippen molar-refractivity contribution in [2.24, 2.45) is 11.8 Å². The van der Waals surface area contributed by atoms with Crippen molar-refractivity contribution in [3.05, 3.63) is 148 Å². The first kappa shape index (κ1) is 74.4. The van der Waals surface area contributed by atoms with Gasteiger partial charge in [0.2, 0.25) is 17.6 Å². The molecule has 41 heteroatoms. The normalized spacial score (nSPS) is 13.3. The molecule has 544 valence electrons. The number of fused-ring (bicyclic) bond motifs is 3. The third kappa shape index (κ3) is 21.4. The van der Waals surface area contributed by atoms with Crippen molar-refractivity contribution in [3.8, 4) is 74.8 Å². The Morgan fingerprint density at radius 2 is 0.952 bits per heavy atom. The quantitative estimate of drug-likeness (QED) is 0.0209. The maximum absolute atomic E-state index is 12.7. The van der Waals surface area contributed by atoms with Crippen LogP contribution < -0.4 is 61.5 Å². The highest BCUT2D eigenvalue weighted by Gasteiger charge is 2.29. The third-order valence-corrected chi connectivity index (χ3v) is 20.0. The zero-order chi connectivity index (χ0) is 72.5. The summed E-state index contributed by atoms with van der Waals surface area (Å²) in [6, 6.07) is 17.4. The first-order valence-electron chi connectivity index (χ1n) is 32.0. The SMILES string of the molecule is CCCNS(=O)(=O)Nc1ncnc(OCCOc2ncc(Br)cn2)c1-c1ccc2c(c1)OCC2.O=S(=O)(NCC1CC1)Nc1ncnc(OCCOc2ncc(Br)cn2)c1-c1ccc2ccnn2c1.O=S(=O)(NCC1CC1)Nc1ncnc(OCCOc2ncc(Br)cn2)c1-c1ccc2scnc2c1. The molecule has 0 unspecified atom stereocenters. The van der Waals surface area contributed by atoms with Gasteiger partial charge in [-0.25, -0.2) is 69.3 Å². The molecule has 0 saturated heterocycles. The summed E-state index contributed by atoms with van der Waals surface area (Å²) in [5, 5.41) is 4.26. The Kier molecular flexibility index (Phi) is 25.0. The largest absolute Gasteiger partial charge is 0.493 e. The van der Waals surface area contributed by atoms with Crippen molar-refractivity contribution in [3.63, 3.8) is 0 Å². The van der Waals surface area contributed by atoms with Crippen molar-refractivity contribution >= 4 is 123 Å². The van der Waals surface area contributed by atoms with Gasteiger partial charge in [-0.2, -0.15) is 44.5 Å². The molecule has 1 aliphatic heterocycles. The van der Waals surface area contributed by atoms with E-state index in [4.69, 9.17) is 33.2 Å². The van der Waals surface area contributed by atoms with E-state index in [1.807, 2.05) is 61.5 Å². The van der Waals surface area contributed by atoms with E-state index in [2.05, 4.69) is 146 Å². The maximum Gasteiger partial charge on any atom is 0.316 e. The Morgan fingerprint density at radius 3 is 1.43 bits per heavy atom. The number of hydrogen-bond donors (Lipinski definition) is 6. The number of ether oxygens (including phenoxy) is 7. The molecule has 0 spiro atoms. The summed E-state index contributed by atoms with van der Waals surface area (Å²) in [7, 11) is -11.5. The average molecular weight is 1690 g/mol. The van der Waals surface area contributed by atoms with Crippen molar-refractivity contribution < 1.29 is 58.4 Å². The van der Waals surface area contributed by atoms with Crippen LogP contribution in [0.1, 0.15) is 44.6 Å². The molecule has 11 aromatic rings. The number of benzene rings is 2. The number of thiazole rings is 1. The van der Waals surface area contributed by atoms with Gasteiger partial charge < -0.3 is 33.2 Å². The number of halogens is 3. The molecule has 0 bridgehead atoms. The van der Waals surface area contributed by atoms with E-state index in [0.717, 1.165) is 72.6 Å². The number of nitrogens with zero attached hydrogens (tertiary/aromatic N) is 15. The molecule has 14 rings (SSSR count). The zero-order valence-corrected chi connectivity index (χ0v) is 62.9. The van der Waals surface area contributed by atoms with E-state index in [1.54, 1.807) is 59.6 Å². The van der Waals surface area contributed by atoms with Gasteiger partial charge in [-0.15, -0.1) is 11.3 Å². The van der Waals surface area contributed by atoms with Crippen LogP contribution in [0.4, 0.5) is 17.5 Å². The van der Waals surface area contributed by atoms with E-state index in [9.17, 15) is 25.3 Å². The number of hydrogen-bond acceptors (Lipinski definition) is 28. The molecule has 34 nitrogen and oxygen atoms in total. The van der Waals surface area contributed by atoms with Gasteiger partial charge in [0.1, 0.15) is 64.4 Å². The summed E-state index contributed by atoms with van der Waals surface area (Å²) < 4.78 is 135. The molecular formula is C63H64Br3N21O13S4. The molecule has 10 heterocycles. The molecule has 3 aliphatic rings. The molecule has 104 heavy (non-hydrogen) atoms. The molecule has 0 amide bonds. The van der Waals surface area contributed by atoms with Crippen molar-refractivity contribution in [2.45, 2.75) is 45.4 Å². The standard InChI is InChI=1S/C21H21BrN8O4S.C21H20BrN7O4S2.C21H23BrN6O5S/c22-16-10-23-21(24-11-16)34-8-7-33-20-18(15-3-4-17-5-6-27-30(17)12-15)19(25-13-26-20)29-35(31,32)28-9-14-1-2-14;22-15-9-23-21(24-10-15)33-6-5-32-20-18(14-3-4-17-16(7-14)27-12-34-17)19(25-11-26-20)29-35(30,31)28-8-13-1-2-13;1-2-6-27-34(29,30)28-19-18(15-4-3-14-5-7-31-17(14)10-15)20(26-13-25-19)32-8-9-33-21-23-11-16(22)12-24-21/h3-6,10-14,28H,1-2,7-9H2,(H,25,26,29);3-4,7,9-13,28H,1-2,5-6,8H2,(H,25,26,29);3-4,10-13,27H,2,5-9H2,1H3,(H,25,26,28). The lowest BCUT2D eigenvalue weighted by molar-refractivity contribution is 0.202. The summed E-state index contributed by atoms with van der Waals surface area (Å²) >= 11 is 11.3. The summed E-state index contributed by atoms with van der Waals surface area (Å²) in [6.07, 6.45) is 22.2. The smallest absolute Gasteiger partial charge is 0.316 e. The zero-order valence-electron chi connectivity index (χ0n) is 54.9. The van der Waals surface area contributed by atoms with Crippen molar-refractivity contribution in [2.75, 3.05) is 80.0 Å². The van der Waals surface area contributed by atoms with Crippen molar-refractivity contribution in [1.29, 1.82) is 0 Å². The van der Waals surface area contributed by atoms with Gasteiger partial charge in [-0.3, -0.25) is 14.2 Å². The van der Waals surface area contributed by atoms with Crippen LogP contribution in [0.25, 0.3) is 49.1 Å².